The largest absolute Gasteiger partial charge is 0.541 e. The fraction of sp³-hybridized carbons (Fsp3) is 0.667. The van der Waals surface area contributed by atoms with Crippen LogP contribution in [0.3, 0.4) is 0 Å². The number of para-hydroxylation sites is 1. The molecule has 27 heavy (non-hydrogen) atoms. The Hall–Kier alpha value is -1.28. The van der Waals surface area contributed by atoms with Crippen molar-refractivity contribution in [3.8, 4) is 11.5 Å². The van der Waals surface area contributed by atoms with Crippen LogP contribution in [0.1, 0.15) is 53.5 Å². The first-order valence-electron chi connectivity index (χ1n) is 9.70. The Balaban J connectivity index is 3.42. The van der Waals surface area contributed by atoms with E-state index in [0.717, 1.165) is 17.1 Å². The summed E-state index contributed by atoms with van der Waals surface area (Å²) >= 11 is 0. The van der Waals surface area contributed by atoms with E-state index in [9.17, 15) is 4.79 Å². The molecule has 0 spiro atoms. The Bertz CT molecular complexity index is 668. The van der Waals surface area contributed by atoms with Crippen LogP contribution in [-0.4, -0.2) is 27.7 Å². The lowest BCUT2D eigenvalue weighted by atomic mass is 10.1. The maximum atomic E-state index is 11.1. The van der Waals surface area contributed by atoms with Gasteiger partial charge in [0.1, 0.15) is 11.5 Å². The molecule has 154 valence electrons. The zero-order chi connectivity index (χ0) is 21.3. The van der Waals surface area contributed by atoms with Crippen LogP contribution < -0.4 is 8.85 Å². The number of aliphatic carboxylic acids is 1. The summed E-state index contributed by atoms with van der Waals surface area (Å²) in [5.74, 6) is 0.702. The number of carbonyl (C=O) groups is 1. The van der Waals surface area contributed by atoms with Gasteiger partial charge in [-0.05, 0) is 54.3 Å². The maximum Gasteiger partial charge on any atom is 0.303 e. The van der Waals surface area contributed by atoms with Gasteiger partial charge in [0.2, 0.25) is 0 Å². The van der Waals surface area contributed by atoms with E-state index in [-0.39, 0.29) is 16.5 Å². The summed E-state index contributed by atoms with van der Waals surface area (Å²) in [4.78, 5) is 11.1. The van der Waals surface area contributed by atoms with Crippen LogP contribution in [0.5, 0.6) is 11.5 Å². The van der Waals surface area contributed by atoms with Gasteiger partial charge in [0.25, 0.3) is 16.6 Å². The molecule has 0 amide bonds. The first kappa shape index (κ1) is 23.8. The number of hydrogen-bond donors (Lipinski definition) is 1. The molecule has 1 aromatic rings. The van der Waals surface area contributed by atoms with Crippen molar-refractivity contribution in [3.63, 3.8) is 0 Å². The second-order valence-corrected chi connectivity index (χ2v) is 19.8. The van der Waals surface area contributed by atoms with Crippen LogP contribution in [-0.2, 0) is 11.2 Å². The van der Waals surface area contributed by atoms with Crippen molar-refractivity contribution in [1.82, 2.24) is 0 Å². The lowest BCUT2D eigenvalue weighted by Crippen LogP contribution is -2.46. The molecule has 1 N–H and O–H groups in total. The number of benzene rings is 1. The minimum Gasteiger partial charge on any atom is -0.541 e. The van der Waals surface area contributed by atoms with E-state index in [4.69, 9.17) is 14.0 Å². The fourth-order valence-corrected chi connectivity index (χ4v) is 4.10. The smallest absolute Gasteiger partial charge is 0.303 e. The molecule has 1 rings (SSSR count). The van der Waals surface area contributed by atoms with Gasteiger partial charge >= 0.3 is 5.97 Å². The van der Waals surface area contributed by atoms with Gasteiger partial charge < -0.3 is 14.0 Å². The Kier molecular flexibility index (Phi) is 7.03. The molecular weight excluding hydrogens is 372 g/mol. The number of carboxylic acid groups (broad SMARTS) is 1. The Labute approximate surface area is 167 Å². The molecule has 6 heteroatoms. The molecule has 0 heterocycles. The third-order valence-electron chi connectivity index (χ3n) is 6.00. The number of aryl methyl sites for hydroxylation is 1. The topological polar surface area (TPSA) is 55.8 Å². The highest BCUT2D eigenvalue weighted by molar-refractivity contribution is 6.75. The van der Waals surface area contributed by atoms with Crippen LogP contribution >= 0.6 is 0 Å². The molecule has 0 atom stereocenters. The van der Waals surface area contributed by atoms with E-state index < -0.39 is 22.6 Å². The molecule has 0 radical (unpaired) electrons. The van der Waals surface area contributed by atoms with Crippen molar-refractivity contribution in [1.29, 1.82) is 0 Å². The first-order chi connectivity index (χ1) is 12.0. The summed E-state index contributed by atoms with van der Waals surface area (Å²) in [6.07, 6.45) is 0.519. The van der Waals surface area contributed by atoms with Crippen LogP contribution in [0.2, 0.25) is 36.3 Å². The molecule has 1 aromatic carbocycles. The minimum atomic E-state index is -2.10. The van der Waals surface area contributed by atoms with Gasteiger partial charge in [0.05, 0.1) is 0 Å². The standard InChI is InChI=1S/C21H38O4Si2/c1-20(2,3)26(7,8)24-17-13-11-12-16(14-15-18(22)23)19(17)25-27(9,10)21(4,5)6/h11-13H,14-15H2,1-10H3,(H,22,23). The number of hydrogen-bond acceptors (Lipinski definition) is 3. The Morgan fingerprint density at radius 1 is 0.926 bits per heavy atom. The lowest BCUT2D eigenvalue weighted by Gasteiger charge is -2.40. The van der Waals surface area contributed by atoms with Gasteiger partial charge in [-0.25, -0.2) is 0 Å². The molecule has 0 aliphatic carbocycles. The summed E-state index contributed by atoms with van der Waals surface area (Å²) in [6, 6.07) is 5.87. The predicted molar refractivity (Wildman–Crippen MR) is 118 cm³/mol. The van der Waals surface area contributed by atoms with E-state index in [1.807, 2.05) is 18.2 Å². The van der Waals surface area contributed by atoms with Crippen molar-refractivity contribution < 1.29 is 18.8 Å². The summed E-state index contributed by atoms with van der Waals surface area (Å²) in [5.41, 5.74) is 0.915. The van der Waals surface area contributed by atoms with E-state index in [1.54, 1.807) is 0 Å². The van der Waals surface area contributed by atoms with Crippen LogP contribution in [0.4, 0.5) is 0 Å². The third-order valence-corrected chi connectivity index (χ3v) is 14.7. The second kappa shape index (κ2) is 7.99. The van der Waals surface area contributed by atoms with Crippen LogP contribution in [0.25, 0.3) is 0 Å². The lowest BCUT2D eigenvalue weighted by molar-refractivity contribution is -0.136. The zero-order valence-electron chi connectivity index (χ0n) is 18.8. The highest BCUT2D eigenvalue weighted by Crippen LogP contribution is 2.44. The summed E-state index contributed by atoms with van der Waals surface area (Å²) in [5, 5.41) is 9.24. The molecule has 4 nitrogen and oxygen atoms in total. The number of carboxylic acids is 1. The van der Waals surface area contributed by atoms with Crippen molar-refractivity contribution >= 4 is 22.6 Å². The molecule has 0 aliphatic heterocycles. The SMILES string of the molecule is CC(C)(C)[Si](C)(C)Oc1cccc(CCC(=O)O)c1O[Si](C)(C)C(C)(C)C. The van der Waals surface area contributed by atoms with Gasteiger partial charge in [-0.3, -0.25) is 4.79 Å². The Morgan fingerprint density at radius 2 is 1.41 bits per heavy atom. The first-order valence-corrected chi connectivity index (χ1v) is 15.5. The van der Waals surface area contributed by atoms with Crippen molar-refractivity contribution in [2.75, 3.05) is 0 Å². The molecule has 0 saturated carbocycles. The fourth-order valence-electron chi connectivity index (χ4n) is 2.03. The summed E-state index contributed by atoms with van der Waals surface area (Å²) < 4.78 is 13.3. The van der Waals surface area contributed by atoms with Crippen molar-refractivity contribution in [3.05, 3.63) is 23.8 Å². The van der Waals surface area contributed by atoms with Gasteiger partial charge in [-0.2, -0.15) is 0 Å². The molecule has 0 unspecified atom stereocenters. The molecule has 0 bridgehead atoms. The van der Waals surface area contributed by atoms with Crippen molar-refractivity contribution in [2.45, 2.75) is 90.6 Å². The zero-order valence-corrected chi connectivity index (χ0v) is 20.8. The average Bonchev–Trinajstić information content (AvgIpc) is 2.44. The van der Waals surface area contributed by atoms with E-state index >= 15 is 0 Å². The van der Waals surface area contributed by atoms with E-state index in [1.165, 1.54) is 0 Å². The van der Waals surface area contributed by atoms with Crippen LogP contribution in [0.15, 0.2) is 18.2 Å². The predicted octanol–water partition coefficient (Wildman–Crippen LogP) is 6.47. The summed E-state index contributed by atoms with van der Waals surface area (Å²) in [7, 11) is -4.14. The van der Waals surface area contributed by atoms with Crippen molar-refractivity contribution in [2.24, 2.45) is 0 Å². The highest BCUT2D eigenvalue weighted by atomic mass is 28.4. The molecule has 0 aliphatic rings. The van der Waals surface area contributed by atoms with Gasteiger partial charge in [0, 0.05) is 6.42 Å². The van der Waals surface area contributed by atoms with Gasteiger partial charge in [-0.15, -0.1) is 0 Å². The van der Waals surface area contributed by atoms with E-state index in [2.05, 4.69) is 67.7 Å². The quantitative estimate of drug-likeness (QED) is 0.523. The third kappa shape index (κ3) is 6.11. The Morgan fingerprint density at radius 3 is 1.85 bits per heavy atom. The van der Waals surface area contributed by atoms with Crippen LogP contribution in [0, 0.1) is 0 Å². The molecular formula is C21H38O4Si2. The highest BCUT2D eigenvalue weighted by Gasteiger charge is 2.42. The van der Waals surface area contributed by atoms with Gasteiger partial charge in [-0.1, -0.05) is 53.7 Å². The normalized spacial score (nSPS) is 13.4. The molecule has 0 aromatic heterocycles. The van der Waals surface area contributed by atoms with Gasteiger partial charge in [0.15, 0.2) is 0 Å². The number of rotatable bonds is 7. The minimum absolute atomic E-state index is 0.0428. The van der Waals surface area contributed by atoms with E-state index in [0.29, 0.717) is 6.42 Å². The average molecular weight is 411 g/mol. The molecule has 0 saturated heterocycles. The second-order valence-electron chi connectivity index (χ2n) is 10.4. The monoisotopic (exact) mass is 410 g/mol. The molecule has 0 fully saturated rings. The maximum absolute atomic E-state index is 11.1. The summed E-state index contributed by atoms with van der Waals surface area (Å²) in [6.45, 7) is 22.1.